The third-order valence-corrected chi connectivity index (χ3v) is 9.02. The van der Waals surface area contributed by atoms with Crippen molar-refractivity contribution >= 4 is 16.8 Å². The summed E-state index contributed by atoms with van der Waals surface area (Å²) in [4.78, 5) is 14.7. The lowest BCUT2D eigenvalue weighted by Gasteiger charge is -2.39. The van der Waals surface area contributed by atoms with E-state index in [0.717, 1.165) is 34.4 Å². The average molecular weight is 630 g/mol. The Balaban J connectivity index is 1.12. The molecule has 0 aliphatic carbocycles. The molecule has 1 aliphatic heterocycles. The smallest absolute Gasteiger partial charge is 0.315 e. The molecule has 0 bridgehead atoms. The molecule has 242 valence electrons. The molecule has 7 nitrogen and oxygen atoms in total. The third-order valence-electron chi connectivity index (χ3n) is 9.02. The topological polar surface area (TPSA) is 83.1 Å². The summed E-state index contributed by atoms with van der Waals surface area (Å²) >= 11 is 0. The molecule has 5 aromatic rings. The molecule has 2 amide bonds. The number of hydrogen-bond donors (Lipinski definition) is 3. The number of carbonyl (C=O) groups is 1. The summed E-state index contributed by atoms with van der Waals surface area (Å²) in [7, 11) is 2.15. The first-order valence-electron chi connectivity index (χ1n) is 16.3. The second-order valence-corrected chi connectivity index (χ2v) is 12.3. The molecule has 47 heavy (non-hydrogen) atoms. The Kier molecular flexibility index (Phi) is 10.6. The molecule has 4 atom stereocenters. The van der Waals surface area contributed by atoms with E-state index in [-0.39, 0.29) is 30.9 Å². The zero-order valence-corrected chi connectivity index (χ0v) is 27.0. The standard InChI is InChI=1S/C40H43N3O4/c1-28(35-21-20-32-10-6-7-11-36(32)22-35)43(2)26-37-23-38(33-16-14-31(27-44)15-17-33)47-39(46-37)34-18-12-30(13-19-34)25-42-40(45)41-24-29-8-4-3-5-9-29/h3-22,28,37-39,44H,23-27H2,1-2H3,(H2,41,42,45)/t28-,37+,38-,39-/m1/s1. The second-order valence-electron chi connectivity index (χ2n) is 12.3. The molecule has 7 heteroatoms. The monoisotopic (exact) mass is 629 g/mol. The highest BCUT2D eigenvalue weighted by atomic mass is 16.7. The molecule has 0 radical (unpaired) electrons. The van der Waals surface area contributed by atoms with Crippen LogP contribution in [0.2, 0.25) is 0 Å². The molecule has 1 saturated heterocycles. The highest BCUT2D eigenvalue weighted by Gasteiger charge is 2.33. The first-order chi connectivity index (χ1) is 22.9. The van der Waals surface area contributed by atoms with Gasteiger partial charge in [0.1, 0.15) is 0 Å². The van der Waals surface area contributed by atoms with E-state index >= 15 is 0 Å². The molecular weight excluding hydrogens is 586 g/mol. The molecule has 5 aromatic carbocycles. The van der Waals surface area contributed by atoms with Gasteiger partial charge < -0.3 is 25.2 Å². The normalized spacial score (nSPS) is 18.6. The van der Waals surface area contributed by atoms with Gasteiger partial charge in [-0.1, -0.05) is 115 Å². The van der Waals surface area contributed by atoms with Crippen LogP contribution in [0.5, 0.6) is 0 Å². The van der Waals surface area contributed by atoms with Crippen molar-refractivity contribution in [2.75, 3.05) is 13.6 Å². The van der Waals surface area contributed by atoms with Crippen molar-refractivity contribution in [3.8, 4) is 0 Å². The number of carbonyl (C=O) groups excluding carboxylic acids is 1. The summed E-state index contributed by atoms with van der Waals surface area (Å²) in [6, 6.07) is 41.0. The number of nitrogens with one attached hydrogen (secondary N) is 2. The van der Waals surface area contributed by atoms with Crippen LogP contribution in [0, 0.1) is 0 Å². The van der Waals surface area contributed by atoms with E-state index in [2.05, 4.69) is 72.0 Å². The highest BCUT2D eigenvalue weighted by Crippen LogP contribution is 2.39. The van der Waals surface area contributed by atoms with E-state index in [1.807, 2.05) is 78.9 Å². The molecule has 0 saturated carbocycles. The van der Waals surface area contributed by atoms with Crippen molar-refractivity contribution in [3.05, 3.63) is 155 Å². The van der Waals surface area contributed by atoms with E-state index < -0.39 is 6.29 Å². The molecule has 1 fully saturated rings. The summed E-state index contributed by atoms with van der Waals surface area (Å²) < 4.78 is 13.2. The number of rotatable bonds is 11. The Bertz CT molecular complexity index is 1740. The number of aliphatic hydroxyl groups is 1. The molecule has 6 rings (SSSR count). The largest absolute Gasteiger partial charge is 0.392 e. The number of hydrogen-bond acceptors (Lipinski definition) is 5. The van der Waals surface area contributed by atoms with Crippen molar-refractivity contribution < 1.29 is 19.4 Å². The molecule has 1 heterocycles. The minimum atomic E-state index is -0.545. The molecule has 0 unspecified atom stereocenters. The maximum Gasteiger partial charge on any atom is 0.315 e. The fraction of sp³-hybridized carbons (Fsp3) is 0.275. The molecule has 3 N–H and O–H groups in total. The molecule has 0 aromatic heterocycles. The summed E-state index contributed by atoms with van der Waals surface area (Å²) in [5.74, 6) is 0. The molecular formula is C40H43N3O4. The minimum Gasteiger partial charge on any atom is -0.392 e. The molecule has 0 spiro atoms. The number of urea groups is 1. The van der Waals surface area contributed by atoms with Gasteiger partial charge in [0, 0.05) is 37.7 Å². The van der Waals surface area contributed by atoms with Gasteiger partial charge in [-0.05, 0) is 58.6 Å². The predicted octanol–water partition coefficient (Wildman–Crippen LogP) is 7.57. The van der Waals surface area contributed by atoms with Crippen LogP contribution in [-0.4, -0.2) is 35.7 Å². The van der Waals surface area contributed by atoms with Gasteiger partial charge in [0.25, 0.3) is 0 Å². The predicted molar refractivity (Wildman–Crippen MR) is 185 cm³/mol. The van der Waals surface area contributed by atoms with Crippen LogP contribution in [0.25, 0.3) is 10.8 Å². The maximum atomic E-state index is 12.4. The molecule has 1 aliphatic rings. The minimum absolute atomic E-state index is 0.00745. The first-order valence-corrected chi connectivity index (χ1v) is 16.3. The fourth-order valence-electron chi connectivity index (χ4n) is 6.05. The Morgan fingerprint density at radius 2 is 1.38 bits per heavy atom. The number of ether oxygens (including phenoxy) is 2. The van der Waals surface area contributed by atoms with Crippen LogP contribution in [0.1, 0.15) is 65.2 Å². The quantitative estimate of drug-likeness (QED) is 0.140. The lowest BCUT2D eigenvalue weighted by atomic mass is 9.98. The number of nitrogens with zero attached hydrogens (tertiary/aromatic N) is 1. The average Bonchev–Trinajstić information content (AvgIpc) is 3.13. The highest BCUT2D eigenvalue weighted by molar-refractivity contribution is 5.83. The van der Waals surface area contributed by atoms with Crippen LogP contribution in [0.15, 0.2) is 121 Å². The number of likely N-dealkylation sites (N-methyl/N-ethyl adjacent to an activating group) is 1. The maximum absolute atomic E-state index is 12.4. The van der Waals surface area contributed by atoms with Crippen LogP contribution in [-0.2, 0) is 29.2 Å². The lowest BCUT2D eigenvalue weighted by Crippen LogP contribution is -2.38. The van der Waals surface area contributed by atoms with Crippen LogP contribution >= 0.6 is 0 Å². The van der Waals surface area contributed by atoms with Gasteiger partial charge in [-0.15, -0.1) is 0 Å². The summed E-state index contributed by atoms with van der Waals surface area (Å²) in [6.45, 7) is 3.86. The van der Waals surface area contributed by atoms with E-state index in [9.17, 15) is 9.90 Å². The second kappa shape index (κ2) is 15.4. The Hall–Kier alpha value is -4.53. The van der Waals surface area contributed by atoms with E-state index in [4.69, 9.17) is 9.47 Å². The SMILES string of the molecule is C[C@H](c1ccc2ccccc2c1)N(C)C[C@@H]1C[C@H](c2ccc(CO)cc2)O[C@H](c2ccc(CNC(=O)NCc3ccccc3)cc2)O1. The third kappa shape index (κ3) is 8.44. The van der Waals surface area contributed by atoms with Gasteiger partial charge in [0.2, 0.25) is 0 Å². The Morgan fingerprint density at radius 3 is 2.09 bits per heavy atom. The summed E-state index contributed by atoms with van der Waals surface area (Å²) in [5.41, 5.74) is 6.16. The van der Waals surface area contributed by atoms with Crippen LogP contribution in [0.4, 0.5) is 4.79 Å². The Labute approximate surface area is 277 Å². The van der Waals surface area contributed by atoms with Crippen molar-refractivity contribution in [1.29, 1.82) is 0 Å². The van der Waals surface area contributed by atoms with Crippen LogP contribution < -0.4 is 10.6 Å². The van der Waals surface area contributed by atoms with Crippen molar-refractivity contribution in [2.45, 2.75) is 57.6 Å². The number of aliphatic hydroxyl groups excluding tert-OH is 1. The van der Waals surface area contributed by atoms with Gasteiger partial charge in [0.15, 0.2) is 6.29 Å². The van der Waals surface area contributed by atoms with E-state index in [1.165, 1.54) is 16.3 Å². The number of amides is 2. The van der Waals surface area contributed by atoms with Gasteiger partial charge in [-0.3, -0.25) is 4.90 Å². The lowest BCUT2D eigenvalue weighted by molar-refractivity contribution is -0.253. The van der Waals surface area contributed by atoms with E-state index in [1.54, 1.807) is 0 Å². The zero-order valence-electron chi connectivity index (χ0n) is 27.0. The Morgan fingerprint density at radius 1 is 0.766 bits per heavy atom. The fourth-order valence-corrected chi connectivity index (χ4v) is 6.05. The van der Waals surface area contributed by atoms with Gasteiger partial charge >= 0.3 is 6.03 Å². The van der Waals surface area contributed by atoms with Crippen molar-refractivity contribution in [1.82, 2.24) is 15.5 Å². The van der Waals surface area contributed by atoms with Crippen LogP contribution in [0.3, 0.4) is 0 Å². The number of benzene rings is 5. The van der Waals surface area contributed by atoms with Crippen molar-refractivity contribution in [2.24, 2.45) is 0 Å². The van der Waals surface area contributed by atoms with Gasteiger partial charge in [-0.2, -0.15) is 0 Å². The van der Waals surface area contributed by atoms with Gasteiger partial charge in [0.05, 0.1) is 18.8 Å². The zero-order chi connectivity index (χ0) is 32.6. The van der Waals surface area contributed by atoms with Crippen molar-refractivity contribution in [3.63, 3.8) is 0 Å². The number of fused-ring (bicyclic) bond motifs is 1. The summed E-state index contributed by atoms with van der Waals surface area (Å²) in [6.07, 6.45) is -0.0645. The van der Waals surface area contributed by atoms with Gasteiger partial charge in [-0.25, -0.2) is 4.79 Å². The first kappa shape index (κ1) is 32.4. The van der Waals surface area contributed by atoms with E-state index in [0.29, 0.717) is 19.5 Å². The summed E-state index contributed by atoms with van der Waals surface area (Å²) in [5, 5.41) is 17.9.